The SMILES string of the molecule is CC1(C)C[C@H](n2[nH]c(=O)c3c2NC(=O)CS[C@H]3C2CCCCC2)CCO1. The molecule has 1 aromatic heterocycles. The van der Waals surface area contributed by atoms with E-state index in [1.807, 2.05) is 4.68 Å². The number of aromatic amines is 1. The molecule has 6 nitrogen and oxygen atoms in total. The highest BCUT2D eigenvalue weighted by Crippen LogP contribution is 2.46. The number of nitrogens with zero attached hydrogens (tertiary/aromatic N) is 1. The monoisotopic (exact) mass is 379 g/mol. The summed E-state index contributed by atoms with van der Waals surface area (Å²) in [6.45, 7) is 4.83. The number of thioether (sulfide) groups is 1. The van der Waals surface area contributed by atoms with Gasteiger partial charge in [0.05, 0.1) is 23.0 Å². The Bertz CT molecular complexity index is 733. The van der Waals surface area contributed by atoms with Crippen molar-refractivity contribution in [1.29, 1.82) is 0 Å². The van der Waals surface area contributed by atoms with Crippen molar-refractivity contribution in [3.63, 3.8) is 0 Å². The molecule has 144 valence electrons. The summed E-state index contributed by atoms with van der Waals surface area (Å²) in [6, 6.07) is 0.144. The van der Waals surface area contributed by atoms with E-state index in [0.29, 0.717) is 24.1 Å². The van der Waals surface area contributed by atoms with Gasteiger partial charge in [-0.15, -0.1) is 11.8 Å². The number of carbonyl (C=O) groups is 1. The fourth-order valence-electron chi connectivity index (χ4n) is 4.77. The van der Waals surface area contributed by atoms with Crippen LogP contribution < -0.4 is 10.9 Å². The van der Waals surface area contributed by atoms with Crippen molar-refractivity contribution in [2.75, 3.05) is 17.7 Å². The van der Waals surface area contributed by atoms with E-state index < -0.39 is 0 Å². The van der Waals surface area contributed by atoms with Crippen molar-refractivity contribution in [3.8, 4) is 0 Å². The first kappa shape index (κ1) is 18.2. The fourth-order valence-corrected chi connectivity index (χ4v) is 6.11. The first-order valence-corrected chi connectivity index (χ1v) is 10.9. The zero-order valence-corrected chi connectivity index (χ0v) is 16.5. The lowest BCUT2D eigenvalue weighted by Crippen LogP contribution is -2.36. The second-order valence-electron chi connectivity index (χ2n) is 8.51. The Labute approximate surface area is 158 Å². The molecule has 2 N–H and O–H groups in total. The molecular formula is C19H29N3O3S. The zero-order valence-electron chi connectivity index (χ0n) is 15.7. The van der Waals surface area contributed by atoms with Gasteiger partial charge < -0.3 is 10.1 Å². The van der Waals surface area contributed by atoms with Crippen LogP contribution in [0.1, 0.15) is 75.6 Å². The summed E-state index contributed by atoms with van der Waals surface area (Å²) in [5.74, 6) is 1.62. The minimum absolute atomic E-state index is 0.00590. The predicted molar refractivity (Wildman–Crippen MR) is 104 cm³/mol. The lowest BCUT2D eigenvalue weighted by atomic mass is 9.84. The van der Waals surface area contributed by atoms with Gasteiger partial charge in [-0.05, 0) is 45.4 Å². The molecule has 1 saturated heterocycles. The van der Waals surface area contributed by atoms with E-state index >= 15 is 0 Å². The number of aromatic nitrogens is 2. The number of amides is 1. The molecule has 3 heterocycles. The Morgan fingerprint density at radius 1 is 1.15 bits per heavy atom. The molecule has 2 atom stereocenters. The smallest absolute Gasteiger partial charge is 0.270 e. The number of H-pyrrole nitrogens is 1. The highest BCUT2D eigenvalue weighted by Gasteiger charge is 2.38. The van der Waals surface area contributed by atoms with Gasteiger partial charge in [-0.2, -0.15) is 0 Å². The van der Waals surface area contributed by atoms with Crippen LogP contribution in [0.15, 0.2) is 4.79 Å². The molecule has 26 heavy (non-hydrogen) atoms. The molecule has 0 unspecified atom stereocenters. The number of carbonyl (C=O) groups excluding carboxylic acids is 1. The Kier molecular flexibility index (Phi) is 4.94. The predicted octanol–water partition coefficient (Wildman–Crippen LogP) is 3.61. The van der Waals surface area contributed by atoms with E-state index in [1.165, 1.54) is 19.3 Å². The number of nitrogens with one attached hydrogen (secondary N) is 2. The van der Waals surface area contributed by atoms with Gasteiger partial charge in [0.15, 0.2) is 0 Å². The molecule has 3 aliphatic rings. The molecular weight excluding hydrogens is 350 g/mol. The molecule has 1 aliphatic carbocycles. The van der Waals surface area contributed by atoms with Gasteiger partial charge in [0.2, 0.25) is 5.91 Å². The fraction of sp³-hybridized carbons (Fsp3) is 0.789. The summed E-state index contributed by atoms with van der Waals surface area (Å²) in [6.07, 6.45) is 7.71. The number of fused-ring (bicyclic) bond motifs is 1. The van der Waals surface area contributed by atoms with Crippen molar-refractivity contribution in [2.24, 2.45) is 5.92 Å². The van der Waals surface area contributed by atoms with Gasteiger partial charge in [-0.3, -0.25) is 19.4 Å². The van der Waals surface area contributed by atoms with Crippen LogP contribution in [0.5, 0.6) is 0 Å². The topological polar surface area (TPSA) is 76.1 Å². The minimum Gasteiger partial charge on any atom is -0.375 e. The third-order valence-electron chi connectivity index (χ3n) is 6.01. The van der Waals surface area contributed by atoms with E-state index in [1.54, 1.807) is 11.8 Å². The van der Waals surface area contributed by atoms with E-state index in [4.69, 9.17) is 4.74 Å². The molecule has 0 bridgehead atoms. The summed E-state index contributed by atoms with van der Waals surface area (Å²) in [7, 11) is 0. The molecule has 0 radical (unpaired) electrons. The summed E-state index contributed by atoms with van der Waals surface area (Å²) in [5, 5.41) is 6.21. The summed E-state index contributed by atoms with van der Waals surface area (Å²) in [5.41, 5.74) is 0.537. The molecule has 0 spiro atoms. The minimum atomic E-state index is -0.219. The summed E-state index contributed by atoms with van der Waals surface area (Å²) < 4.78 is 7.77. The lowest BCUT2D eigenvalue weighted by molar-refractivity contribution is -0.113. The van der Waals surface area contributed by atoms with Gasteiger partial charge in [0.25, 0.3) is 5.56 Å². The van der Waals surface area contributed by atoms with Crippen LogP contribution in [0, 0.1) is 5.92 Å². The van der Waals surface area contributed by atoms with Crippen molar-refractivity contribution in [2.45, 2.75) is 75.7 Å². The Morgan fingerprint density at radius 3 is 2.65 bits per heavy atom. The third kappa shape index (κ3) is 3.48. The molecule has 2 fully saturated rings. The van der Waals surface area contributed by atoms with Crippen molar-refractivity contribution in [1.82, 2.24) is 9.78 Å². The highest BCUT2D eigenvalue weighted by molar-refractivity contribution is 8.00. The van der Waals surface area contributed by atoms with Gasteiger partial charge >= 0.3 is 0 Å². The second kappa shape index (κ2) is 7.08. The Hall–Kier alpha value is -1.21. The molecule has 1 saturated carbocycles. The maximum absolute atomic E-state index is 12.9. The number of ether oxygens (including phenoxy) is 1. The van der Waals surface area contributed by atoms with Crippen molar-refractivity contribution in [3.05, 3.63) is 15.9 Å². The van der Waals surface area contributed by atoms with Crippen molar-refractivity contribution >= 4 is 23.5 Å². The molecule has 4 rings (SSSR count). The molecule has 1 aromatic rings. The maximum atomic E-state index is 12.9. The van der Waals surface area contributed by atoms with Gasteiger partial charge in [-0.1, -0.05) is 19.3 Å². The average Bonchev–Trinajstić information content (AvgIpc) is 2.81. The van der Waals surface area contributed by atoms with E-state index in [0.717, 1.165) is 31.2 Å². The number of hydrogen-bond acceptors (Lipinski definition) is 4. The summed E-state index contributed by atoms with van der Waals surface area (Å²) in [4.78, 5) is 25.3. The molecule has 7 heteroatoms. The van der Waals surface area contributed by atoms with Crippen molar-refractivity contribution < 1.29 is 9.53 Å². The number of anilines is 1. The second-order valence-corrected chi connectivity index (χ2v) is 9.64. The van der Waals surface area contributed by atoms with Crippen LogP contribution in [0.2, 0.25) is 0 Å². The average molecular weight is 380 g/mol. The zero-order chi connectivity index (χ0) is 18.3. The van der Waals surface area contributed by atoms with Crippen LogP contribution in [0.4, 0.5) is 5.82 Å². The third-order valence-corrected chi connectivity index (χ3v) is 7.42. The van der Waals surface area contributed by atoms with E-state index in [9.17, 15) is 9.59 Å². The normalized spacial score (nSPS) is 29.7. The standard InChI is InChI=1S/C19H29N3O3S/c1-19(2)10-13(8-9-25-19)22-17-15(18(24)21-22)16(26-11-14(23)20-17)12-6-4-3-5-7-12/h12-13,16H,3-11H2,1-2H3,(H,20,23)(H,21,24)/t13-,16+/m1/s1. The quantitative estimate of drug-likeness (QED) is 0.823. The van der Waals surface area contributed by atoms with Gasteiger partial charge in [0, 0.05) is 11.9 Å². The Morgan fingerprint density at radius 2 is 1.92 bits per heavy atom. The van der Waals surface area contributed by atoms with E-state index in [2.05, 4.69) is 24.3 Å². The Balaban J connectivity index is 1.72. The first-order chi connectivity index (χ1) is 12.4. The van der Waals surface area contributed by atoms with Gasteiger partial charge in [0.1, 0.15) is 5.82 Å². The maximum Gasteiger partial charge on any atom is 0.270 e. The van der Waals surface area contributed by atoms with Crippen LogP contribution in [-0.4, -0.2) is 33.6 Å². The van der Waals surface area contributed by atoms with E-state index in [-0.39, 0.29) is 28.4 Å². The molecule has 1 amide bonds. The summed E-state index contributed by atoms with van der Waals surface area (Å²) >= 11 is 1.65. The van der Waals surface area contributed by atoms with Crippen LogP contribution in [-0.2, 0) is 9.53 Å². The number of rotatable bonds is 2. The van der Waals surface area contributed by atoms with Crippen LogP contribution in [0.25, 0.3) is 0 Å². The lowest BCUT2D eigenvalue weighted by Gasteiger charge is -2.36. The number of hydrogen-bond donors (Lipinski definition) is 2. The highest BCUT2D eigenvalue weighted by atomic mass is 32.2. The molecule has 0 aromatic carbocycles. The van der Waals surface area contributed by atoms with Crippen LogP contribution in [0.3, 0.4) is 0 Å². The van der Waals surface area contributed by atoms with Crippen LogP contribution >= 0.6 is 11.8 Å². The molecule has 2 aliphatic heterocycles. The van der Waals surface area contributed by atoms with Gasteiger partial charge in [-0.25, -0.2) is 0 Å². The first-order valence-electron chi connectivity index (χ1n) is 9.84. The largest absolute Gasteiger partial charge is 0.375 e.